The van der Waals surface area contributed by atoms with Crippen LogP contribution in [0.1, 0.15) is 40.0 Å². The molecular weight excluding hydrogens is 160 g/mol. The van der Waals surface area contributed by atoms with Crippen molar-refractivity contribution < 1.29 is 0 Å². The molecule has 1 saturated carbocycles. The van der Waals surface area contributed by atoms with Crippen molar-refractivity contribution in [1.29, 1.82) is 5.26 Å². The highest BCUT2D eigenvalue weighted by atomic mass is 15.0. The molecule has 0 radical (unpaired) electrons. The maximum absolute atomic E-state index is 8.90. The highest BCUT2D eigenvalue weighted by molar-refractivity contribution is 4.97. The summed E-state index contributed by atoms with van der Waals surface area (Å²) < 4.78 is 0. The lowest BCUT2D eigenvalue weighted by Crippen LogP contribution is -2.41. The fourth-order valence-electron chi connectivity index (χ4n) is 1.84. The molecule has 1 fully saturated rings. The van der Waals surface area contributed by atoms with E-state index < -0.39 is 0 Å². The number of nitrogens with one attached hydrogen (secondary N) is 1. The third-order valence-corrected chi connectivity index (χ3v) is 3.16. The standard InChI is InChI=1S/C11H20N2/c1-8(2)9(3)13-11-6-4-5-10(11)7-12/h8-11,13H,4-6H2,1-3H3. The van der Waals surface area contributed by atoms with Crippen LogP contribution in [0.2, 0.25) is 0 Å². The van der Waals surface area contributed by atoms with Crippen molar-refractivity contribution in [3.63, 3.8) is 0 Å². The summed E-state index contributed by atoms with van der Waals surface area (Å²) in [5.74, 6) is 0.904. The highest BCUT2D eigenvalue weighted by Gasteiger charge is 2.28. The molecule has 0 aromatic carbocycles. The first-order chi connectivity index (χ1) is 6.15. The van der Waals surface area contributed by atoms with Crippen LogP contribution in [0.5, 0.6) is 0 Å². The van der Waals surface area contributed by atoms with Gasteiger partial charge in [-0.05, 0) is 25.7 Å². The fourth-order valence-corrected chi connectivity index (χ4v) is 1.84. The van der Waals surface area contributed by atoms with E-state index in [1.54, 1.807) is 0 Å². The second-order valence-electron chi connectivity index (χ2n) is 4.47. The van der Waals surface area contributed by atoms with Crippen LogP contribution < -0.4 is 5.32 Å². The maximum atomic E-state index is 8.90. The fraction of sp³-hybridized carbons (Fsp3) is 0.909. The van der Waals surface area contributed by atoms with Gasteiger partial charge < -0.3 is 5.32 Å². The molecule has 2 nitrogen and oxygen atoms in total. The van der Waals surface area contributed by atoms with Gasteiger partial charge >= 0.3 is 0 Å². The molecule has 1 rings (SSSR count). The number of nitriles is 1. The lowest BCUT2D eigenvalue weighted by Gasteiger charge is -2.24. The van der Waals surface area contributed by atoms with Gasteiger partial charge in [-0.2, -0.15) is 5.26 Å². The molecule has 74 valence electrons. The molecule has 0 aliphatic heterocycles. The molecule has 0 heterocycles. The molecule has 2 heteroatoms. The zero-order valence-electron chi connectivity index (χ0n) is 8.88. The first kappa shape index (κ1) is 10.5. The summed E-state index contributed by atoms with van der Waals surface area (Å²) in [6.07, 6.45) is 3.47. The third kappa shape index (κ3) is 2.70. The second kappa shape index (κ2) is 4.62. The molecule has 0 aromatic heterocycles. The molecule has 0 bridgehead atoms. The van der Waals surface area contributed by atoms with Gasteiger partial charge in [0.1, 0.15) is 0 Å². The van der Waals surface area contributed by atoms with Gasteiger partial charge in [-0.3, -0.25) is 0 Å². The van der Waals surface area contributed by atoms with Crippen LogP contribution in [0.4, 0.5) is 0 Å². The van der Waals surface area contributed by atoms with Gasteiger partial charge in [-0.1, -0.05) is 20.3 Å². The summed E-state index contributed by atoms with van der Waals surface area (Å²) in [7, 11) is 0. The van der Waals surface area contributed by atoms with Gasteiger partial charge in [0.05, 0.1) is 12.0 Å². The summed E-state index contributed by atoms with van der Waals surface area (Å²) in [6, 6.07) is 3.37. The summed E-state index contributed by atoms with van der Waals surface area (Å²) in [6.45, 7) is 6.64. The van der Waals surface area contributed by atoms with Crippen molar-refractivity contribution in [3.8, 4) is 6.07 Å². The Balaban J connectivity index is 2.40. The molecule has 3 atom stereocenters. The van der Waals surface area contributed by atoms with E-state index in [1.165, 1.54) is 12.8 Å². The van der Waals surface area contributed by atoms with Crippen molar-refractivity contribution in [1.82, 2.24) is 5.32 Å². The lowest BCUT2D eigenvalue weighted by molar-refractivity contribution is 0.350. The molecule has 0 amide bonds. The van der Waals surface area contributed by atoms with E-state index in [-0.39, 0.29) is 5.92 Å². The van der Waals surface area contributed by atoms with Crippen molar-refractivity contribution >= 4 is 0 Å². The first-order valence-electron chi connectivity index (χ1n) is 5.30. The summed E-state index contributed by atoms with van der Waals surface area (Å²) in [5.41, 5.74) is 0. The van der Waals surface area contributed by atoms with E-state index in [4.69, 9.17) is 5.26 Å². The highest BCUT2D eigenvalue weighted by Crippen LogP contribution is 2.25. The maximum Gasteiger partial charge on any atom is 0.0672 e. The normalized spacial score (nSPS) is 30.4. The van der Waals surface area contributed by atoms with E-state index in [1.807, 2.05) is 0 Å². The predicted octanol–water partition coefficient (Wildman–Crippen LogP) is 2.31. The molecule has 13 heavy (non-hydrogen) atoms. The Morgan fingerprint density at radius 2 is 2.00 bits per heavy atom. The molecule has 1 N–H and O–H groups in total. The van der Waals surface area contributed by atoms with Crippen molar-refractivity contribution in [2.24, 2.45) is 11.8 Å². The van der Waals surface area contributed by atoms with Gasteiger partial charge in [0.15, 0.2) is 0 Å². The SMILES string of the molecule is CC(C)C(C)NC1CCCC1C#N. The molecule has 1 aliphatic carbocycles. The van der Waals surface area contributed by atoms with E-state index >= 15 is 0 Å². The third-order valence-electron chi connectivity index (χ3n) is 3.16. The van der Waals surface area contributed by atoms with Crippen molar-refractivity contribution in [2.45, 2.75) is 52.1 Å². The summed E-state index contributed by atoms with van der Waals surface area (Å²) in [5, 5.41) is 12.5. The van der Waals surface area contributed by atoms with Crippen LogP contribution in [-0.4, -0.2) is 12.1 Å². The Labute approximate surface area is 81.3 Å². The summed E-state index contributed by atoms with van der Waals surface area (Å²) in [4.78, 5) is 0. The number of nitrogens with zero attached hydrogens (tertiary/aromatic N) is 1. The van der Waals surface area contributed by atoms with Gasteiger partial charge in [-0.25, -0.2) is 0 Å². The van der Waals surface area contributed by atoms with E-state index in [9.17, 15) is 0 Å². The smallest absolute Gasteiger partial charge is 0.0672 e. The largest absolute Gasteiger partial charge is 0.310 e. The van der Waals surface area contributed by atoms with E-state index in [0.29, 0.717) is 18.0 Å². The van der Waals surface area contributed by atoms with Crippen molar-refractivity contribution in [2.75, 3.05) is 0 Å². The number of rotatable bonds is 3. The average Bonchev–Trinajstić information content (AvgIpc) is 2.51. The molecule has 3 unspecified atom stereocenters. The first-order valence-corrected chi connectivity index (χ1v) is 5.30. The lowest BCUT2D eigenvalue weighted by atomic mass is 10.0. The van der Waals surface area contributed by atoms with Crippen LogP contribution >= 0.6 is 0 Å². The predicted molar refractivity (Wildman–Crippen MR) is 54.2 cm³/mol. The Hall–Kier alpha value is -0.550. The van der Waals surface area contributed by atoms with Crippen LogP contribution in [0.3, 0.4) is 0 Å². The minimum atomic E-state index is 0.251. The minimum Gasteiger partial charge on any atom is -0.310 e. The van der Waals surface area contributed by atoms with E-state index in [0.717, 1.165) is 6.42 Å². The minimum absolute atomic E-state index is 0.251. The molecule has 0 aromatic rings. The van der Waals surface area contributed by atoms with Crippen LogP contribution in [0, 0.1) is 23.2 Å². The zero-order chi connectivity index (χ0) is 9.84. The Morgan fingerprint density at radius 3 is 2.54 bits per heavy atom. The summed E-state index contributed by atoms with van der Waals surface area (Å²) >= 11 is 0. The topological polar surface area (TPSA) is 35.8 Å². The number of hydrogen-bond acceptors (Lipinski definition) is 2. The van der Waals surface area contributed by atoms with Crippen LogP contribution in [0.15, 0.2) is 0 Å². The molecule has 0 saturated heterocycles. The quantitative estimate of drug-likeness (QED) is 0.723. The average molecular weight is 180 g/mol. The van der Waals surface area contributed by atoms with Gasteiger partial charge in [-0.15, -0.1) is 0 Å². The monoisotopic (exact) mass is 180 g/mol. The Bertz CT molecular complexity index is 193. The van der Waals surface area contributed by atoms with Crippen LogP contribution in [-0.2, 0) is 0 Å². The van der Waals surface area contributed by atoms with Gasteiger partial charge in [0, 0.05) is 12.1 Å². The number of hydrogen-bond donors (Lipinski definition) is 1. The zero-order valence-corrected chi connectivity index (χ0v) is 8.88. The molecule has 0 spiro atoms. The van der Waals surface area contributed by atoms with Gasteiger partial charge in [0.25, 0.3) is 0 Å². The second-order valence-corrected chi connectivity index (χ2v) is 4.47. The Kier molecular flexibility index (Phi) is 3.74. The van der Waals surface area contributed by atoms with E-state index in [2.05, 4.69) is 32.2 Å². The van der Waals surface area contributed by atoms with Gasteiger partial charge in [0.2, 0.25) is 0 Å². The molecule has 1 aliphatic rings. The van der Waals surface area contributed by atoms with Crippen LogP contribution in [0.25, 0.3) is 0 Å². The van der Waals surface area contributed by atoms with Crippen molar-refractivity contribution in [3.05, 3.63) is 0 Å². The Morgan fingerprint density at radius 1 is 1.31 bits per heavy atom. The molecular formula is C11H20N2.